The zero-order valence-electron chi connectivity index (χ0n) is 21.1. The molecule has 0 saturated carbocycles. The molecule has 0 aliphatic heterocycles. The highest BCUT2D eigenvalue weighted by Crippen LogP contribution is 2.20. The minimum atomic E-state index is -3.95. The molecule has 0 radical (unpaired) electrons. The monoisotopic (exact) mass is 561 g/mol. The quantitative estimate of drug-likeness (QED) is 0.276. The Balaban J connectivity index is 1.67. The molecule has 0 bridgehead atoms. The fraction of sp³-hybridized carbons (Fsp3) is 0.259. The third kappa shape index (κ3) is 8.76. The first kappa shape index (κ1) is 29.5. The minimum absolute atomic E-state index is 0.0172. The number of aliphatic hydroxyl groups is 1. The molecule has 3 aromatic carbocycles. The van der Waals surface area contributed by atoms with E-state index in [-0.39, 0.29) is 36.0 Å². The lowest BCUT2D eigenvalue weighted by Crippen LogP contribution is -2.49. The normalized spacial score (nSPS) is 11.9. The van der Waals surface area contributed by atoms with Crippen LogP contribution in [-0.2, 0) is 26.2 Å². The number of carbonyl (C=O) groups excluding carboxylic acids is 2. The number of carbonyl (C=O) groups is 2. The third-order valence-electron chi connectivity index (χ3n) is 5.66. The van der Waals surface area contributed by atoms with Gasteiger partial charge in [-0.1, -0.05) is 12.1 Å². The molecule has 12 heteroatoms. The van der Waals surface area contributed by atoms with Crippen molar-refractivity contribution in [2.24, 2.45) is 0 Å². The van der Waals surface area contributed by atoms with Gasteiger partial charge < -0.3 is 20.1 Å². The smallest absolute Gasteiger partial charge is 0.261 e. The third-order valence-corrected chi connectivity index (χ3v) is 7.06. The Morgan fingerprint density at radius 1 is 0.949 bits per heavy atom. The average molecular weight is 562 g/mol. The van der Waals surface area contributed by atoms with E-state index in [9.17, 15) is 26.8 Å². The Morgan fingerprint density at radius 3 is 2.13 bits per heavy atom. The van der Waals surface area contributed by atoms with Crippen molar-refractivity contribution in [3.05, 3.63) is 90.0 Å². The van der Waals surface area contributed by atoms with E-state index < -0.39 is 46.1 Å². The summed E-state index contributed by atoms with van der Waals surface area (Å²) in [5, 5.41) is 11.6. The van der Waals surface area contributed by atoms with Crippen molar-refractivity contribution in [2.75, 3.05) is 24.5 Å². The molecule has 208 valence electrons. The molecule has 3 rings (SSSR count). The van der Waals surface area contributed by atoms with Gasteiger partial charge >= 0.3 is 0 Å². The van der Waals surface area contributed by atoms with Gasteiger partial charge in [-0.05, 0) is 79.6 Å². The van der Waals surface area contributed by atoms with Gasteiger partial charge in [-0.15, -0.1) is 0 Å². The minimum Gasteiger partial charge on any atom is -0.484 e. The Kier molecular flexibility index (Phi) is 10.4. The fourth-order valence-corrected chi connectivity index (χ4v) is 4.54. The predicted octanol–water partition coefficient (Wildman–Crippen LogP) is 3.06. The molecule has 0 spiro atoms. The van der Waals surface area contributed by atoms with E-state index in [2.05, 4.69) is 10.0 Å². The zero-order valence-corrected chi connectivity index (χ0v) is 22.0. The SMILES string of the molecule is C[C@H](C(=O)NCCCO)N(Cc1ccc(F)cc1)C(=O)COc1ccc(S(=O)(=O)Nc2ccc(F)cc2)cc1. The lowest BCUT2D eigenvalue weighted by Gasteiger charge is -2.28. The number of rotatable bonds is 13. The van der Waals surface area contributed by atoms with Crippen LogP contribution in [0.1, 0.15) is 18.9 Å². The summed E-state index contributed by atoms with van der Waals surface area (Å²) < 4.78 is 59.5. The molecule has 3 aromatic rings. The largest absolute Gasteiger partial charge is 0.484 e. The molecule has 9 nitrogen and oxygen atoms in total. The molecule has 0 heterocycles. The second kappa shape index (κ2) is 13.7. The van der Waals surface area contributed by atoms with Gasteiger partial charge in [-0.2, -0.15) is 0 Å². The number of sulfonamides is 1. The summed E-state index contributed by atoms with van der Waals surface area (Å²) in [5.74, 6) is -1.68. The van der Waals surface area contributed by atoms with Crippen LogP contribution in [-0.4, -0.2) is 56.0 Å². The molecular weight excluding hydrogens is 532 g/mol. The maximum atomic E-state index is 13.3. The molecule has 0 fully saturated rings. The molecule has 2 amide bonds. The number of aliphatic hydroxyl groups excluding tert-OH is 1. The van der Waals surface area contributed by atoms with E-state index in [1.807, 2.05) is 0 Å². The van der Waals surface area contributed by atoms with Crippen molar-refractivity contribution < 1.29 is 36.6 Å². The second-order valence-electron chi connectivity index (χ2n) is 8.56. The number of halogens is 2. The molecule has 0 aliphatic carbocycles. The van der Waals surface area contributed by atoms with Crippen molar-refractivity contribution in [3.8, 4) is 5.75 Å². The van der Waals surface area contributed by atoms with Gasteiger partial charge in [-0.3, -0.25) is 14.3 Å². The Hall–Kier alpha value is -4.03. The van der Waals surface area contributed by atoms with E-state index in [4.69, 9.17) is 9.84 Å². The predicted molar refractivity (Wildman–Crippen MR) is 140 cm³/mol. The zero-order chi connectivity index (χ0) is 28.4. The molecular formula is C27H29F2N3O6S. The number of benzene rings is 3. The molecule has 0 unspecified atom stereocenters. The Morgan fingerprint density at radius 2 is 1.54 bits per heavy atom. The summed E-state index contributed by atoms with van der Waals surface area (Å²) in [6, 6.07) is 14.8. The van der Waals surface area contributed by atoms with Crippen LogP contribution in [0.5, 0.6) is 5.75 Å². The van der Waals surface area contributed by atoms with E-state index in [1.165, 1.54) is 65.6 Å². The van der Waals surface area contributed by atoms with Gasteiger partial charge in [0.05, 0.1) is 4.90 Å². The van der Waals surface area contributed by atoms with Gasteiger partial charge in [0.2, 0.25) is 5.91 Å². The maximum absolute atomic E-state index is 13.3. The first-order valence-electron chi connectivity index (χ1n) is 12.0. The number of nitrogens with one attached hydrogen (secondary N) is 2. The number of nitrogens with zero attached hydrogens (tertiary/aromatic N) is 1. The maximum Gasteiger partial charge on any atom is 0.261 e. The van der Waals surface area contributed by atoms with Crippen LogP contribution in [0.4, 0.5) is 14.5 Å². The summed E-state index contributed by atoms with van der Waals surface area (Å²) in [6.45, 7) is 1.26. The van der Waals surface area contributed by atoms with E-state index in [1.54, 1.807) is 6.92 Å². The van der Waals surface area contributed by atoms with Crippen molar-refractivity contribution in [1.29, 1.82) is 0 Å². The van der Waals surface area contributed by atoms with Crippen LogP contribution in [0.2, 0.25) is 0 Å². The molecule has 1 atom stereocenters. The number of ether oxygens (including phenoxy) is 1. The number of amides is 2. The van der Waals surface area contributed by atoms with Crippen molar-refractivity contribution in [1.82, 2.24) is 10.2 Å². The highest BCUT2D eigenvalue weighted by atomic mass is 32.2. The number of anilines is 1. The van der Waals surface area contributed by atoms with Crippen LogP contribution < -0.4 is 14.8 Å². The molecule has 0 saturated heterocycles. The van der Waals surface area contributed by atoms with Crippen LogP contribution in [0.3, 0.4) is 0 Å². The van der Waals surface area contributed by atoms with Crippen molar-refractivity contribution in [2.45, 2.75) is 30.8 Å². The topological polar surface area (TPSA) is 125 Å². The molecule has 0 aromatic heterocycles. The Bertz CT molecular complexity index is 1350. The lowest BCUT2D eigenvalue weighted by molar-refractivity contribution is -0.142. The number of hydrogen-bond donors (Lipinski definition) is 3. The highest BCUT2D eigenvalue weighted by Gasteiger charge is 2.26. The summed E-state index contributed by atoms with van der Waals surface area (Å²) in [7, 11) is -3.95. The summed E-state index contributed by atoms with van der Waals surface area (Å²) in [4.78, 5) is 26.9. The van der Waals surface area contributed by atoms with Crippen molar-refractivity contribution in [3.63, 3.8) is 0 Å². The summed E-state index contributed by atoms with van der Waals surface area (Å²) >= 11 is 0. The van der Waals surface area contributed by atoms with Gasteiger partial charge in [0.1, 0.15) is 23.4 Å². The van der Waals surface area contributed by atoms with E-state index >= 15 is 0 Å². The summed E-state index contributed by atoms with van der Waals surface area (Å²) in [5.41, 5.74) is 0.793. The van der Waals surface area contributed by atoms with Gasteiger partial charge in [0, 0.05) is 25.4 Å². The van der Waals surface area contributed by atoms with E-state index in [0.717, 1.165) is 12.1 Å². The van der Waals surface area contributed by atoms with Crippen LogP contribution in [0.15, 0.2) is 77.7 Å². The van der Waals surface area contributed by atoms with Gasteiger partial charge in [0.25, 0.3) is 15.9 Å². The van der Waals surface area contributed by atoms with Crippen LogP contribution in [0.25, 0.3) is 0 Å². The van der Waals surface area contributed by atoms with Gasteiger partial charge in [0.15, 0.2) is 6.61 Å². The highest BCUT2D eigenvalue weighted by molar-refractivity contribution is 7.92. The molecule has 0 aliphatic rings. The van der Waals surface area contributed by atoms with Gasteiger partial charge in [-0.25, -0.2) is 17.2 Å². The van der Waals surface area contributed by atoms with Crippen LogP contribution in [0, 0.1) is 11.6 Å². The first-order valence-corrected chi connectivity index (χ1v) is 13.5. The fourth-order valence-electron chi connectivity index (χ4n) is 3.48. The first-order chi connectivity index (χ1) is 18.6. The Labute approximate surface area is 225 Å². The van der Waals surface area contributed by atoms with Crippen LogP contribution >= 0.6 is 0 Å². The summed E-state index contributed by atoms with van der Waals surface area (Å²) in [6.07, 6.45) is 0.360. The average Bonchev–Trinajstić information content (AvgIpc) is 2.92. The van der Waals surface area contributed by atoms with E-state index in [0.29, 0.717) is 12.0 Å². The standard InChI is InChI=1S/C27H29F2N3O6S/c1-19(27(35)30-15-2-16-33)32(17-20-3-5-21(28)6-4-20)26(34)18-38-24-11-13-25(14-12-24)39(36,37)31-23-9-7-22(29)8-10-23/h3-14,19,31,33H,2,15-18H2,1H3,(H,30,35)/t19-/m1/s1. The molecule has 39 heavy (non-hydrogen) atoms. The lowest BCUT2D eigenvalue weighted by atomic mass is 10.1. The number of hydrogen-bond acceptors (Lipinski definition) is 6. The second-order valence-corrected chi connectivity index (χ2v) is 10.2. The van der Waals surface area contributed by atoms with Crippen molar-refractivity contribution >= 4 is 27.5 Å². The molecule has 3 N–H and O–H groups in total.